The number of nitrogens with one attached hydrogen (secondary N) is 4. The lowest BCUT2D eigenvalue weighted by atomic mass is 9.76. The summed E-state index contributed by atoms with van der Waals surface area (Å²) in [7, 11) is 0. The molecule has 0 aliphatic rings. The highest BCUT2D eigenvalue weighted by Crippen LogP contribution is 2.37. The minimum atomic E-state index is -0.888. The van der Waals surface area contributed by atoms with Gasteiger partial charge in [-0.05, 0) is 72.6 Å². The fourth-order valence-corrected chi connectivity index (χ4v) is 7.50. The van der Waals surface area contributed by atoms with E-state index in [1.165, 1.54) is 0 Å². The van der Waals surface area contributed by atoms with Gasteiger partial charge in [0.1, 0.15) is 19.3 Å². The Morgan fingerprint density at radius 1 is 0.560 bits per heavy atom. The Morgan fingerprint density at radius 3 is 1.52 bits per heavy atom. The molecule has 0 aromatic heterocycles. The van der Waals surface area contributed by atoms with Crippen LogP contribution in [0.1, 0.15) is 47.1 Å². The number of carbonyl (C=O) groups is 3. The van der Waals surface area contributed by atoms with Crippen LogP contribution in [0.3, 0.4) is 0 Å². The number of amides is 3. The number of ether oxygens (including phenoxy) is 9. The van der Waals surface area contributed by atoms with Crippen LogP contribution in [0.2, 0.25) is 0 Å². The smallest absolute Gasteiger partial charge is 0.246 e. The lowest BCUT2D eigenvalue weighted by molar-refractivity contribution is -0.133. The minimum absolute atomic E-state index is 0.126. The molecule has 0 unspecified atom stereocenters. The lowest BCUT2D eigenvalue weighted by Gasteiger charge is -2.37. The van der Waals surface area contributed by atoms with Crippen LogP contribution in [-0.4, -0.2) is 167 Å². The number of aryl methyl sites for hydroxylation is 1. The molecular formula is C55H77N7O13. The third-order valence-electron chi connectivity index (χ3n) is 11.3. The number of hydrogen-bond acceptors (Lipinski definition) is 15. The highest BCUT2D eigenvalue weighted by molar-refractivity contribution is 5.97. The van der Waals surface area contributed by atoms with E-state index in [2.05, 4.69) is 86.7 Å². The zero-order chi connectivity index (χ0) is 53.3. The third-order valence-corrected chi connectivity index (χ3v) is 11.3. The summed E-state index contributed by atoms with van der Waals surface area (Å²) in [5.41, 5.74) is 13.2. The number of aliphatic hydroxyl groups excluding tert-OH is 1. The average Bonchev–Trinajstić information content (AvgIpc) is 3.43. The normalized spacial score (nSPS) is 11.7. The number of aliphatic hydroxyl groups is 1. The van der Waals surface area contributed by atoms with Gasteiger partial charge in [-0.2, -0.15) is 0 Å². The van der Waals surface area contributed by atoms with Crippen molar-refractivity contribution in [2.75, 3.05) is 144 Å². The Hall–Kier alpha value is -5.84. The Balaban J connectivity index is 1.05. The number of nitrogens with zero attached hydrogens (tertiary/aromatic N) is 3. The van der Waals surface area contributed by atoms with Gasteiger partial charge in [-0.1, -0.05) is 108 Å². The van der Waals surface area contributed by atoms with Crippen LogP contribution in [0, 0.1) is 6.92 Å². The van der Waals surface area contributed by atoms with Gasteiger partial charge in [-0.15, -0.1) is 0 Å². The van der Waals surface area contributed by atoms with Gasteiger partial charge >= 0.3 is 0 Å². The zero-order valence-corrected chi connectivity index (χ0v) is 43.3. The van der Waals surface area contributed by atoms with Crippen LogP contribution in [0.5, 0.6) is 0 Å². The summed E-state index contributed by atoms with van der Waals surface area (Å²) in [6.07, 6.45) is 1.63. The Labute approximate surface area is 441 Å². The first-order valence-corrected chi connectivity index (χ1v) is 25.6. The van der Waals surface area contributed by atoms with Crippen molar-refractivity contribution in [3.63, 3.8) is 0 Å². The summed E-state index contributed by atoms with van der Waals surface area (Å²) >= 11 is 0. The number of hydrogen-bond donors (Lipinski definition) is 5. The Bertz CT molecular complexity index is 2130. The number of benzene rings is 4. The molecule has 0 spiro atoms. The maximum Gasteiger partial charge on any atom is 0.246 e. The van der Waals surface area contributed by atoms with Gasteiger partial charge < -0.3 is 63.7 Å². The Kier molecular flexibility index (Phi) is 32.5. The molecule has 4 aromatic rings. The van der Waals surface area contributed by atoms with Crippen LogP contribution < -0.4 is 21.3 Å². The second-order valence-electron chi connectivity index (χ2n) is 16.9. The maximum absolute atomic E-state index is 13.6. The van der Waals surface area contributed by atoms with Crippen molar-refractivity contribution in [1.82, 2.24) is 16.0 Å². The van der Waals surface area contributed by atoms with Gasteiger partial charge in [-0.3, -0.25) is 19.7 Å². The predicted molar refractivity (Wildman–Crippen MR) is 283 cm³/mol. The monoisotopic (exact) mass is 1040 g/mol. The second kappa shape index (κ2) is 39.6. The molecule has 4 aromatic carbocycles. The summed E-state index contributed by atoms with van der Waals surface area (Å²) in [5.74, 6) is -1.35. The highest BCUT2D eigenvalue weighted by atomic mass is 16.6. The molecule has 0 bridgehead atoms. The van der Waals surface area contributed by atoms with Crippen molar-refractivity contribution >= 4 is 23.4 Å². The first kappa shape index (κ1) is 61.7. The van der Waals surface area contributed by atoms with E-state index in [0.717, 1.165) is 22.3 Å². The predicted octanol–water partition coefficient (Wildman–Crippen LogP) is 5.24. The molecule has 4 rings (SSSR count). The molecule has 0 saturated heterocycles. The van der Waals surface area contributed by atoms with E-state index in [4.69, 9.17) is 48.2 Å². The van der Waals surface area contributed by atoms with Crippen LogP contribution in [0.25, 0.3) is 10.4 Å². The van der Waals surface area contributed by atoms with E-state index in [9.17, 15) is 19.5 Å². The van der Waals surface area contributed by atoms with Gasteiger partial charge in [0.2, 0.25) is 17.7 Å². The van der Waals surface area contributed by atoms with E-state index < -0.39 is 35.9 Å². The molecule has 75 heavy (non-hydrogen) atoms. The van der Waals surface area contributed by atoms with Crippen LogP contribution in [0.15, 0.2) is 114 Å². The second-order valence-corrected chi connectivity index (χ2v) is 16.9. The van der Waals surface area contributed by atoms with E-state index in [0.29, 0.717) is 143 Å². The lowest BCUT2D eigenvalue weighted by Crippen LogP contribution is -2.46. The molecule has 0 radical (unpaired) electrons. The number of rotatable bonds is 44. The molecule has 5 N–H and O–H groups in total. The summed E-state index contributed by atoms with van der Waals surface area (Å²) in [4.78, 5) is 41.9. The van der Waals surface area contributed by atoms with Gasteiger partial charge in [0.15, 0.2) is 0 Å². The molecule has 0 aliphatic carbocycles. The topological polar surface area (TPSA) is 251 Å². The third kappa shape index (κ3) is 26.0. The van der Waals surface area contributed by atoms with Crippen LogP contribution in [-0.2, 0) is 69.2 Å². The number of azide groups is 1. The largest absolute Gasteiger partial charge is 0.392 e. The maximum atomic E-state index is 13.6. The summed E-state index contributed by atoms with van der Waals surface area (Å²) in [6.45, 7) is 8.92. The fraction of sp³-hybridized carbons (Fsp3) is 0.509. The van der Waals surface area contributed by atoms with Gasteiger partial charge in [0.05, 0.1) is 118 Å². The average molecular weight is 1040 g/mol. The first-order chi connectivity index (χ1) is 36.8. The number of carbonyl (C=O) groups excluding carboxylic acids is 3. The van der Waals surface area contributed by atoms with Crippen LogP contribution >= 0.6 is 0 Å². The molecule has 20 heteroatoms. The summed E-state index contributed by atoms with van der Waals surface area (Å²) in [6, 6.07) is 35.2. The minimum Gasteiger partial charge on any atom is -0.392 e. The molecule has 0 aliphatic heterocycles. The van der Waals surface area contributed by atoms with E-state index in [1.54, 1.807) is 24.3 Å². The number of unbranched alkanes of at least 4 members (excludes halogenated alkanes) is 1. The SMILES string of the molecule is Cc1ccc(C(NCCCC[C@@H](NC(=O)COCC(=O)NCCOCCOCCOCCOCCOCCOCCOCCOCCN=[N+]=[N-])C(=O)Nc2ccc(CO)cc2)(c2ccccc2)c2ccccc2)cc1. The Morgan fingerprint density at radius 2 is 1.03 bits per heavy atom. The molecular weight excluding hydrogens is 967 g/mol. The van der Waals surface area contributed by atoms with Crippen molar-refractivity contribution in [2.45, 2.75) is 44.4 Å². The highest BCUT2D eigenvalue weighted by Gasteiger charge is 2.35. The first-order valence-electron chi connectivity index (χ1n) is 25.6. The van der Waals surface area contributed by atoms with E-state index in [-0.39, 0.29) is 26.4 Å². The number of anilines is 1. The van der Waals surface area contributed by atoms with E-state index in [1.807, 2.05) is 36.4 Å². The van der Waals surface area contributed by atoms with Crippen molar-refractivity contribution in [3.8, 4) is 0 Å². The quantitative estimate of drug-likeness (QED) is 0.0125. The van der Waals surface area contributed by atoms with Crippen molar-refractivity contribution in [3.05, 3.63) is 147 Å². The molecule has 0 heterocycles. The van der Waals surface area contributed by atoms with Gasteiger partial charge in [0, 0.05) is 23.7 Å². The molecule has 0 saturated carbocycles. The molecule has 410 valence electrons. The van der Waals surface area contributed by atoms with Crippen molar-refractivity contribution in [2.24, 2.45) is 5.11 Å². The summed E-state index contributed by atoms with van der Waals surface area (Å²) < 4.78 is 49.0. The van der Waals surface area contributed by atoms with Gasteiger partial charge in [-0.25, -0.2) is 0 Å². The molecule has 3 amide bonds. The molecule has 1 atom stereocenters. The fourth-order valence-electron chi connectivity index (χ4n) is 7.50. The standard InChI is InChI=1S/C55H77N7O13/c1-45-15-19-49(20-16-45)55(47-10-4-2-5-11-47,48-12-6-3-7-13-48)58-23-9-8-14-51(54(66)60-50-21-17-46(42-63)18-22-50)61-53(65)44-75-43-52(64)57-24-26-67-28-30-69-32-34-71-36-38-73-40-41-74-39-37-72-35-33-70-31-29-68-27-25-59-62-56/h2-7,10-13,15-22,51,58,63H,8-9,14,23-44H2,1H3,(H,57,64)(H,60,66)(H,61,65)/t51-/m1/s1. The van der Waals surface area contributed by atoms with Crippen molar-refractivity contribution < 1.29 is 62.1 Å². The molecule has 20 nitrogen and oxygen atoms in total. The van der Waals surface area contributed by atoms with Crippen molar-refractivity contribution in [1.29, 1.82) is 0 Å². The van der Waals surface area contributed by atoms with E-state index >= 15 is 0 Å². The van der Waals surface area contributed by atoms with Gasteiger partial charge in [0.25, 0.3) is 0 Å². The zero-order valence-electron chi connectivity index (χ0n) is 43.3. The van der Waals surface area contributed by atoms with Crippen LogP contribution in [0.4, 0.5) is 5.69 Å². The molecule has 0 fully saturated rings. The summed E-state index contributed by atoms with van der Waals surface area (Å²) in [5, 5.41) is 25.1.